The maximum atomic E-state index is 8.30. The van der Waals surface area contributed by atoms with Gasteiger partial charge in [-0.3, -0.25) is 0 Å². The van der Waals surface area contributed by atoms with Crippen LogP contribution in [-0.2, 0) is 0 Å². The molecule has 9 heavy (non-hydrogen) atoms. The van der Waals surface area contributed by atoms with Gasteiger partial charge in [0, 0.05) is 12.3 Å². The van der Waals surface area contributed by atoms with Crippen LogP contribution >= 0.6 is 8.60 Å². The van der Waals surface area contributed by atoms with Crippen molar-refractivity contribution in [3.05, 3.63) is 18.3 Å². The van der Waals surface area contributed by atoms with Gasteiger partial charge in [-0.2, -0.15) is 0 Å². The molecule has 1 heterocycles. The number of aromatic nitrogens is 1. The van der Waals surface area contributed by atoms with Gasteiger partial charge in [0.1, 0.15) is 0 Å². The average molecular weight is 147 g/mol. The molecule has 0 fully saturated rings. The molecule has 4 nitrogen and oxygen atoms in total. The van der Waals surface area contributed by atoms with Crippen LogP contribution in [0, 0.1) is 0 Å². The predicted octanol–water partition coefficient (Wildman–Crippen LogP) is 0.605. The Balaban J connectivity index is 2.48. The minimum atomic E-state index is -2.28. The first-order valence-electron chi connectivity index (χ1n) is 2.28. The van der Waals surface area contributed by atoms with Crippen molar-refractivity contribution in [2.75, 3.05) is 0 Å². The Labute approximate surface area is 53.1 Å². The Morgan fingerprint density at radius 2 is 2.33 bits per heavy atom. The lowest BCUT2D eigenvalue weighted by atomic mass is 10.7. The van der Waals surface area contributed by atoms with E-state index in [1.165, 1.54) is 0 Å². The summed E-state index contributed by atoms with van der Waals surface area (Å²) in [6.45, 7) is 0. The van der Waals surface area contributed by atoms with E-state index in [0.29, 0.717) is 5.88 Å². The summed E-state index contributed by atoms with van der Waals surface area (Å²) in [6.07, 6.45) is 1.63. The van der Waals surface area contributed by atoms with Crippen molar-refractivity contribution in [3.63, 3.8) is 0 Å². The summed E-state index contributed by atoms with van der Waals surface area (Å²) in [4.78, 5) is 19.2. The van der Waals surface area contributed by atoms with Crippen molar-refractivity contribution < 1.29 is 14.3 Å². The van der Waals surface area contributed by atoms with Gasteiger partial charge in [-0.25, -0.2) is 0 Å². The zero-order valence-electron chi connectivity index (χ0n) is 4.48. The Morgan fingerprint density at radius 1 is 1.56 bits per heavy atom. The van der Waals surface area contributed by atoms with E-state index in [1.807, 2.05) is 0 Å². The zero-order chi connectivity index (χ0) is 6.69. The van der Waals surface area contributed by atoms with Crippen molar-refractivity contribution in [1.29, 1.82) is 0 Å². The second-order valence-corrected chi connectivity index (χ2v) is 2.07. The van der Waals surface area contributed by atoms with E-state index >= 15 is 0 Å². The van der Waals surface area contributed by atoms with E-state index in [0.717, 1.165) is 0 Å². The third-order valence-corrected chi connectivity index (χ3v) is 1.11. The number of aromatic amines is 1. The van der Waals surface area contributed by atoms with E-state index in [4.69, 9.17) is 9.79 Å². The number of nitrogens with one attached hydrogen (secondary N) is 1. The van der Waals surface area contributed by atoms with E-state index < -0.39 is 8.60 Å². The third-order valence-electron chi connectivity index (χ3n) is 0.749. The summed E-state index contributed by atoms with van der Waals surface area (Å²) in [7, 11) is -2.28. The zero-order valence-corrected chi connectivity index (χ0v) is 5.38. The van der Waals surface area contributed by atoms with Gasteiger partial charge in [-0.15, -0.1) is 0 Å². The molecular formula is C4H6NO3P. The van der Waals surface area contributed by atoms with Gasteiger partial charge >= 0.3 is 8.60 Å². The first-order chi connectivity index (χ1) is 4.29. The number of hydrogen-bond acceptors (Lipinski definition) is 3. The molecule has 0 aliphatic rings. The van der Waals surface area contributed by atoms with Crippen molar-refractivity contribution >= 4 is 8.60 Å². The molecule has 5 heteroatoms. The molecule has 3 N–H and O–H groups in total. The fraction of sp³-hybridized carbons (Fsp3) is 0. The maximum Gasteiger partial charge on any atom is 0.392 e. The molecular weight excluding hydrogens is 141 g/mol. The minimum Gasteiger partial charge on any atom is -0.411 e. The number of rotatable bonds is 2. The Morgan fingerprint density at radius 3 is 2.78 bits per heavy atom. The molecule has 1 aromatic rings. The van der Waals surface area contributed by atoms with Crippen LogP contribution in [0.5, 0.6) is 5.88 Å². The molecule has 0 aromatic carbocycles. The Kier molecular flexibility index (Phi) is 2.05. The molecule has 0 radical (unpaired) electrons. The second kappa shape index (κ2) is 2.82. The van der Waals surface area contributed by atoms with E-state index in [2.05, 4.69) is 9.51 Å². The maximum absolute atomic E-state index is 8.30. The van der Waals surface area contributed by atoms with Crippen LogP contribution in [0.25, 0.3) is 0 Å². The van der Waals surface area contributed by atoms with Gasteiger partial charge in [0.15, 0.2) is 5.88 Å². The van der Waals surface area contributed by atoms with Crippen LogP contribution in [0.3, 0.4) is 0 Å². The highest BCUT2D eigenvalue weighted by Gasteiger charge is 2.00. The lowest BCUT2D eigenvalue weighted by Gasteiger charge is -1.99. The molecule has 50 valence electrons. The van der Waals surface area contributed by atoms with Gasteiger partial charge in [0.2, 0.25) is 0 Å². The fourth-order valence-electron chi connectivity index (χ4n) is 0.459. The predicted molar refractivity (Wildman–Crippen MR) is 32.8 cm³/mol. The summed E-state index contributed by atoms with van der Waals surface area (Å²) in [5.41, 5.74) is 0. The quantitative estimate of drug-likeness (QED) is 0.537. The molecule has 1 aromatic heterocycles. The van der Waals surface area contributed by atoms with Crippen LogP contribution in [0.15, 0.2) is 18.3 Å². The van der Waals surface area contributed by atoms with Gasteiger partial charge in [0.25, 0.3) is 0 Å². The molecule has 0 spiro atoms. The second-order valence-electron chi connectivity index (χ2n) is 1.38. The molecule has 0 aliphatic carbocycles. The monoisotopic (exact) mass is 147 g/mol. The van der Waals surface area contributed by atoms with Crippen molar-refractivity contribution in [2.24, 2.45) is 0 Å². The first kappa shape index (κ1) is 6.55. The van der Waals surface area contributed by atoms with Gasteiger partial charge < -0.3 is 19.3 Å². The Bertz CT molecular complexity index is 162. The molecule has 0 unspecified atom stereocenters. The normalized spacial score (nSPS) is 10.1. The van der Waals surface area contributed by atoms with Crippen molar-refractivity contribution in [1.82, 2.24) is 4.98 Å². The molecule has 0 atom stereocenters. The SMILES string of the molecule is OP(O)Oc1ccc[nH]1. The third kappa shape index (κ3) is 2.01. The minimum absolute atomic E-state index is 0.367. The standard InChI is InChI=1S/C4H6NO3P/c6-9(7)8-4-2-1-3-5-4/h1-3,5-7H. The molecule has 0 saturated carbocycles. The van der Waals surface area contributed by atoms with E-state index in [9.17, 15) is 0 Å². The topological polar surface area (TPSA) is 65.5 Å². The largest absolute Gasteiger partial charge is 0.411 e. The number of hydrogen-bond donors (Lipinski definition) is 3. The highest BCUT2D eigenvalue weighted by atomic mass is 31.2. The summed E-state index contributed by atoms with van der Waals surface area (Å²) >= 11 is 0. The van der Waals surface area contributed by atoms with Crippen LogP contribution in [0.1, 0.15) is 0 Å². The lowest BCUT2D eigenvalue weighted by molar-refractivity contribution is 0.370. The summed E-state index contributed by atoms with van der Waals surface area (Å²) in [6, 6.07) is 3.30. The average Bonchev–Trinajstić information content (AvgIpc) is 2.15. The van der Waals surface area contributed by atoms with Crippen molar-refractivity contribution in [2.45, 2.75) is 0 Å². The molecule has 0 amide bonds. The van der Waals surface area contributed by atoms with E-state index in [-0.39, 0.29) is 0 Å². The first-order valence-corrected chi connectivity index (χ1v) is 3.45. The van der Waals surface area contributed by atoms with Crippen molar-refractivity contribution in [3.8, 4) is 5.88 Å². The van der Waals surface area contributed by atoms with Crippen LogP contribution < -0.4 is 4.52 Å². The van der Waals surface area contributed by atoms with Crippen LogP contribution in [0.2, 0.25) is 0 Å². The lowest BCUT2D eigenvalue weighted by Crippen LogP contribution is -1.83. The summed E-state index contributed by atoms with van der Waals surface area (Å²) < 4.78 is 4.47. The number of H-pyrrole nitrogens is 1. The Hall–Kier alpha value is -0.570. The highest BCUT2D eigenvalue weighted by molar-refractivity contribution is 7.39. The molecule has 1 rings (SSSR count). The molecule has 0 saturated heterocycles. The van der Waals surface area contributed by atoms with Crippen LogP contribution in [-0.4, -0.2) is 14.8 Å². The summed E-state index contributed by atoms with van der Waals surface area (Å²) in [5, 5.41) is 0. The molecule has 0 bridgehead atoms. The van der Waals surface area contributed by atoms with Crippen LogP contribution in [0.4, 0.5) is 0 Å². The summed E-state index contributed by atoms with van der Waals surface area (Å²) in [5.74, 6) is 0.367. The van der Waals surface area contributed by atoms with E-state index in [1.54, 1.807) is 18.3 Å². The molecule has 0 aliphatic heterocycles. The smallest absolute Gasteiger partial charge is 0.392 e. The van der Waals surface area contributed by atoms with Gasteiger partial charge in [-0.05, 0) is 6.07 Å². The van der Waals surface area contributed by atoms with Gasteiger partial charge in [-0.1, -0.05) is 0 Å². The fourth-order valence-corrected chi connectivity index (χ4v) is 0.748. The highest BCUT2D eigenvalue weighted by Crippen LogP contribution is 2.26. The van der Waals surface area contributed by atoms with Gasteiger partial charge in [0.05, 0.1) is 0 Å².